The second-order valence-corrected chi connectivity index (χ2v) is 5.67. The Morgan fingerprint density at radius 2 is 1.70 bits per heavy atom. The minimum Gasteiger partial charge on any atom is -0.494 e. The highest BCUT2D eigenvalue weighted by molar-refractivity contribution is 5.77. The van der Waals surface area contributed by atoms with Crippen LogP contribution in [-0.4, -0.2) is 35.3 Å². The van der Waals surface area contributed by atoms with Crippen LogP contribution in [0.25, 0.3) is 10.9 Å². The normalized spacial score (nSPS) is 10.6. The number of ether oxygens (including phenoxy) is 3. The van der Waals surface area contributed by atoms with E-state index in [-0.39, 0.29) is 25.3 Å². The maximum Gasteiger partial charge on any atom is 0.326 e. The highest BCUT2D eigenvalue weighted by Crippen LogP contribution is 2.17. The molecule has 0 bridgehead atoms. The molecule has 7 nitrogen and oxygen atoms in total. The molecule has 0 atom stereocenters. The van der Waals surface area contributed by atoms with Gasteiger partial charge in [0.25, 0.3) is 5.56 Å². The third-order valence-corrected chi connectivity index (χ3v) is 3.78. The number of para-hydroxylation sites is 1. The number of hydrogen-bond acceptors (Lipinski definition) is 6. The zero-order chi connectivity index (χ0) is 19.1. The fraction of sp³-hybridized carbons (Fsp3) is 0.250. The summed E-state index contributed by atoms with van der Waals surface area (Å²) in [7, 11) is 0. The molecule has 0 fully saturated rings. The molecule has 2 aromatic carbocycles. The lowest BCUT2D eigenvalue weighted by Crippen LogP contribution is -2.26. The number of nitrogens with zero attached hydrogens (tertiary/aromatic N) is 2. The molecular formula is C20H20N2O5. The van der Waals surface area contributed by atoms with Crippen LogP contribution in [-0.2, 0) is 16.1 Å². The largest absolute Gasteiger partial charge is 0.494 e. The fourth-order valence-corrected chi connectivity index (χ4v) is 2.52. The van der Waals surface area contributed by atoms with Crippen molar-refractivity contribution in [3.05, 3.63) is 65.2 Å². The van der Waals surface area contributed by atoms with Gasteiger partial charge in [-0.15, -0.1) is 0 Å². The molecule has 3 rings (SSSR count). The summed E-state index contributed by atoms with van der Waals surface area (Å²) in [5.41, 5.74) is 0.319. The van der Waals surface area contributed by atoms with Crippen molar-refractivity contribution in [2.75, 3.05) is 19.8 Å². The summed E-state index contributed by atoms with van der Waals surface area (Å²) in [5.74, 6) is 0.902. The molecular weight excluding hydrogens is 348 g/mol. The van der Waals surface area contributed by atoms with Crippen LogP contribution < -0.4 is 15.0 Å². The lowest BCUT2D eigenvalue weighted by molar-refractivity contribution is -0.145. The highest BCUT2D eigenvalue weighted by atomic mass is 16.6. The molecule has 0 aliphatic rings. The summed E-state index contributed by atoms with van der Waals surface area (Å²) in [6, 6.07) is 14.2. The van der Waals surface area contributed by atoms with Gasteiger partial charge in [0.2, 0.25) is 0 Å². The van der Waals surface area contributed by atoms with Gasteiger partial charge in [0.1, 0.15) is 31.3 Å². The van der Waals surface area contributed by atoms with E-state index in [4.69, 9.17) is 14.2 Å². The average molecular weight is 368 g/mol. The summed E-state index contributed by atoms with van der Waals surface area (Å²) in [6.45, 7) is 2.62. The van der Waals surface area contributed by atoms with E-state index in [1.165, 1.54) is 10.9 Å². The van der Waals surface area contributed by atoms with E-state index in [1.807, 2.05) is 19.1 Å². The van der Waals surface area contributed by atoms with E-state index in [0.717, 1.165) is 5.75 Å². The van der Waals surface area contributed by atoms with Gasteiger partial charge in [-0.2, -0.15) is 0 Å². The first-order chi connectivity index (χ1) is 13.2. The van der Waals surface area contributed by atoms with Crippen LogP contribution in [0.3, 0.4) is 0 Å². The van der Waals surface area contributed by atoms with Crippen molar-refractivity contribution in [2.24, 2.45) is 0 Å². The number of esters is 1. The predicted molar refractivity (Wildman–Crippen MR) is 100 cm³/mol. The van der Waals surface area contributed by atoms with Gasteiger partial charge in [-0.3, -0.25) is 14.2 Å². The monoisotopic (exact) mass is 368 g/mol. The fourth-order valence-electron chi connectivity index (χ4n) is 2.52. The van der Waals surface area contributed by atoms with Crippen LogP contribution in [0, 0.1) is 0 Å². The predicted octanol–water partition coefficient (Wildman–Crippen LogP) is 2.42. The van der Waals surface area contributed by atoms with Crippen molar-refractivity contribution in [1.82, 2.24) is 9.55 Å². The maximum absolute atomic E-state index is 12.3. The molecule has 7 heteroatoms. The number of rotatable bonds is 8. The van der Waals surface area contributed by atoms with Gasteiger partial charge in [0.15, 0.2) is 0 Å². The topological polar surface area (TPSA) is 79.7 Å². The van der Waals surface area contributed by atoms with Crippen LogP contribution in [0.5, 0.6) is 11.5 Å². The third-order valence-electron chi connectivity index (χ3n) is 3.78. The van der Waals surface area contributed by atoms with E-state index in [9.17, 15) is 9.59 Å². The third kappa shape index (κ3) is 4.84. The molecule has 0 radical (unpaired) electrons. The molecule has 140 valence electrons. The van der Waals surface area contributed by atoms with Gasteiger partial charge < -0.3 is 14.2 Å². The van der Waals surface area contributed by atoms with Gasteiger partial charge in [-0.25, -0.2) is 4.98 Å². The maximum atomic E-state index is 12.3. The molecule has 0 spiro atoms. The summed E-state index contributed by atoms with van der Waals surface area (Å²) in [5, 5.41) is 0.464. The Morgan fingerprint density at radius 1 is 1.00 bits per heavy atom. The Kier molecular flexibility index (Phi) is 6.04. The molecule has 0 amide bonds. The summed E-state index contributed by atoms with van der Waals surface area (Å²) in [4.78, 5) is 28.5. The van der Waals surface area contributed by atoms with Crippen molar-refractivity contribution >= 4 is 16.9 Å². The van der Waals surface area contributed by atoms with Gasteiger partial charge >= 0.3 is 5.97 Å². The van der Waals surface area contributed by atoms with Crippen molar-refractivity contribution in [3.63, 3.8) is 0 Å². The van der Waals surface area contributed by atoms with Gasteiger partial charge in [-0.1, -0.05) is 12.1 Å². The lowest BCUT2D eigenvalue weighted by atomic mass is 10.2. The molecule has 0 N–H and O–H groups in total. The van der Waals surface area contributed by atoms with Crippen molar-refractivity contribution in [1.29, 1.82) is 0 Å². The van der Waals surface area contributed by atoms with E-state index < -0.39 is 5.97 Å². The number of carbonyl (C=O) groups excluding carboxylic acids is 1. The van der Waals surface area contributed by atoms with E-state index in [0.29, 0.717) is 23.3 Å². The summed E-state index contributed by atoms with van der Waals surface area (Å²) in [6.07, 6.45) is 1.35. The van der Waals surface area contributed by atoms with Crippen LogP contribution in [0.2, 0.25) is 0 Å². The molecule has 0 aliphatic heterocycles. The Labute approximate surface area is 156 Å². The van der Waals surface area contributed by atoms with Crippen molar-refractivity contribution in [2.45, 2.75) is 13.5 Å². The first kappa shape index (κ1) is 18.4. The molecule has 1 heterocycles. The van der Waals surface area contributed by atoms with Crippen LogP contribution in [0.4, 0.5) is 0 Å². The van der Waals surface area contributed by atoms with Gasteiger partial charge in [0, 0.05) is 0 Å². The molecule has 1 aromatic heterocycles. The average Bonchev–Trinajstić information content (AvgIpc) is 2.69. The zero-order valence-electron chi connectivity index (χ0n) is 15.0. The Hall–Kier alpha value is -3.35. The standard InChI is InChI=1S/C20H20N2O5/c1-2-25-15-7-9-16(10-8-15)26-11-12-27-19(23)13-22-14-21-18-6-4-3-5-17(18)20(22)24/h3-10,14H,2,11-13H2,1H3. The van der Waals surface area contributed by atoms with Crippen molar-refractivity contribution < 1.29 is 19.0 Å². The number of hydrogen-bond donors (Lipinski definition) is 0. The molecule has 3 aromatic rings. The number of aromatic nitrogens is 2. The Balaban J connectivity index is 1.47. The molecule has 0 saturated heterocycles. The molecule has 27 heavy (non-hydrogen) atoms. The van der Waals surface area contributed by atoms with Gasteiger partial charge in [0.05, 0.1) is 23.8 Å². The first-order valence-corrected chi connectivity index (χ1v) is 8.63. The van der Waals surface area contributed by atoms with Crippen LogP contribution >= 0.6 is 0 Å². The lowest BCUT2D eigenvalue weighted by Gasteiger charge is -2.09. The molecule has 0 saturated carbocycles. The van der Waals surface area contributed by atoms with E-state index >= 15 is 0 Å². The van der Waals surface area contributed by atoms with E-state index in [2.05, 4.69) is 4.98 Å². The minimum atomic E-state index is -0.524. The minimum absolute atomic E-state index is 0.0851. The molecule has 0 unspecified atom stereocenters. The number of fused-ring (bicyclic) bond motifs is 1. The second-order valence-electron chi connectivity index (χ2n) is 5.67. The number of benzene rings is 2. The van der Waals surface area contributed by atoms with Gasteiger partial charge in [-0.05, 0) is 43.3 Å². The zero-order valence-corrected chi connectivity index (χ0v) is 15.0. The summed E-state index contributed by atoms with van der Waals surface area (Å²) >= 11 is 0. The van der Waals surface area contributed by atoms with Crippen LogP contribution in [0.15, 0.2) is 59.7 Å². The van der Waals surface area contributed by atoms with Crippen molar-refractivity contribution in [3.8, 4) is 11.5 Å². The number of carbonyl (C=O) groups is 1. The Morgan fingerprint density at radius 3 is 2.44 bits per heavy atom. The molecule has 0 aliphatic carbocycles. The quantitative estimate of drug-likeness (QED) is 0.449. The smallest absolute Gasteiger partial charge is 0.326 e. The SMILES string of the molecule is CCOc1ccc(OCCOC(=O)Cn2cnc3ccccc3c2=O)cc1. The first-order valence-electron chi connectivity index (χ1n) is 8.63. The van der Waals surface area contributed by atoms with E-state index in [1.54, 1.807) is 36.4 Å². The second kappa shape index (κ2) is 8.84. The highest BCUT2D eigenvalue weighted by Gasteiger charge is 2.09. The summed E-state index contributed by atoms with van der Waals surface area (Å²) < 4.78 is 17.2. The van der Waals surface area contributed by atoms with Crippen LogP contribution in [0.1, 0.15) is 6.92 Å². The Bertz CT molecular complexity index is 966.